The van der Waals surface area contributed by atoms with Crippen molar-refractivity contribution in [3.05, 3.63) is 23.5 Å². The van der Waals surface area contributed by atoms with Crippen molar-refractivity contribution in [1.29, 1.82) is 0 Å². The van der Waals surface area contributed by atoms with Crippen LogP contribution in [0.15, 0.2) is 23.5 Å². The SMILES string of the molecule is CC(=O)C1CC[C@H]2[C@@H]3CC=C4C=C(OS(=O)(=O)C(F)(F)F)CC[C@]4(C)[C@H]3CC[C@]12C. The van der Waals surface area contributed by atoms with Gasteiger partial charge in [-0.05, 0) is 85.7 Å². The number of halogens is 3. The number of ketones is 1. The van der Waals surface area contributed by atoms with Gasteiger partial charge in [-0.2, -0.15) is 21.6 Å². The molecule has 0 aliphatic heterocycles. The molecule has 168 valence electrons. The van der Waals surface area contributed by atoms with Crippen molar-refractivity contribution in [2.75, 3.05) is 0 Å². The van der Waals surface area contributed by atoms with Gasteiger partial charge in [-0.25, -0.2) is 0 Å². The van der Waals surface area contributed by atoms with Crippen LogP contribution in [-0.4, -0.2) is 19.7 Å². The lowest BCUT2D eigenvalue weighted by atomic mass is 9.48. The molecule has 4 aliphatic carbocycles. The Bertz CT molecular complexity index is 919. The van der Waals surface area contributed by atoms with Crippen molar-refractivity contribution in [3.63, 3.8) is 0 Å². The highest BCUT2D eigenvalue weighted by Gasteiger charge is 2.59. The summed E-state index contributed by atoms with van der Waals surface area (Å²) >= 11 is 0. The molecular formula is C22H29F3O4S. The molecule has 0 saturated heterocycles. The van der Waals surface area contributed by atoms with E-state index < -0.39 is 15.6 Å². The van der Waals surface area contributed by atoms with Crippen LogP contribution in [0, 0.1) is 34.5 Å². The van der Waals surface area contributed by atoms with Crippen LogP contribution < -0.4 is 0 Å². The average molecular weight is 447 g/mol. The second kappa shape index (κ2) is 6.84. The molecule has 0 amide bonds. The first kappa shape index (κ1) is 21.9. The number of alkyl halides is 3. The predicted molar refractivity (Wildman–Crippen MR) is 105 cm³/mol. The molecule has 4 rings (SSSR count). The predicted octanol–water partition coefficient (Wildman–Crippen LogP) is 5.51. The van der Waals surface area contributed by atoms with E-state index in [0.717, 1.165) is 37.7 Å². The van der Waals surface area contributed by atoms with Crippen LogP contribution in [0.5, 0.6) is 0 Å². The first-order valence-corrected chi connectivity index (χ1v) is 12.1. The smallest absolute Gasteiger partial charge is 0.381 e. The minimum atomic E-state index is -5.64. The zero-order valence-electron chi connectivity index (χ0n) is 17.6. The lowest BCUT2D eigenvalue weighted by molar-refractivity contribution is -0.127. The van der Waals surface area contributed by atoms with Gasteiger partial charge in [0.25, 0.3) is 0 Å². The van der Waals surface area contributed by atoms with Gasteiger partial charge < -0.3 is 4.18 Å². The minimum absolute atomic E-state index is 0.0360. The van der Waals surface area contributed by atoms with Crippen LogP contribution in [0.4, 0.5) is 13.2 Å². The summed E-state index contributed by atoms with van der Waals surface area (Å²) in [6, 6.07) is 0. The summed E-state index contributed by atoms with van der Waals surface area (Å²) in [4.78, 5) is 12.2. The van der Waals surface area contributed by atoms with E-state index in [1.165, 1.54) is 6.08 Å². The Kier molecular flexibility index (Phi) is 5.00. The molecule has 0 aromatic heterocycles. The van der Waals surface area contributed by atoms with Gasteiger partial charge in [0.15, 0.2) is 0 Å². The molecule has 2 fully saturated rings. The maximum atomic E-state index is 12.7. The van der Waals surface area contributed by atoms with Gasteiger partial charge in [-0.3, -0.25) is 4.79 Å². The molecule has 0 bridgehead atoms. The molecule has 1 unspecified atom stereocenters. The van der Waals surface area contributed by atoms with E-state index in [2.05, 4.69) is 24.1 Å². The number of fused-ring (bicyclic) bond motifs is 5. The van der Waals surface area contributed by atoms with Gasteiger partial charge in [0.1, 0.15) is 11.5 Å². The van der Waals surface area contributed by atoms with Gasteiger partial charge in [0, 0.05) is 12.3 Å². The van der Waals surface area contributed by atoms with E-state index in [0.29, 0.717) is 24.2 Å². The van der Waals surface area contributed by atoms with E-state index in [4.69, 9.17) is 0 Å². The van der Waals surface area contributed by atoms with Crippen LogP contribution in [0.25, 0.3) is 0 Å². The van der Waals surface area contributed by atoms with Crippen molar-refractivity contribution >= 4 is 15.9 Å². The van der Waals surface area contributed by atoms with E-state index in [-0.39, 0.29) is 34.7 Å². The van der Waals surface area contributed by atoms with E-state index in [1.54, 1.807) is 6.92 Å². The van der Waals surface area contributed by atoms with Crippen LogP contribution in [0.1, 0.15) is 65.7 Å². The summed E-state index contributed by atoms with van der Waals surface area (Å²) in [7, 11) is -5.64. The molecule has 6 atom stereocenters. The molecule has 4 aliphatic rings. The Morgan fingerprint density at radius 2 is 1.83 bits per heavy atom. The summed E-state index contributed by atoms with van der Waals surface area (Å²) in [5, 5.41) is 0. The lowest BCUT2D eigenvalue weighted by Gasteiger charge is -2.56. The van der Waals surface area contributed by atoms with Crippen molar-refractivity contribution in [2.45, 2.75) is 71.2 Å². The molecule has 30 heavy (non-hydrogen) atoms. The summed E-state index contributed by atoms with van der Waals surface area (Å²) < 4.78 is 65.3. The van der Waals surface area contributed by atoms with Crippen molar-refractivity contribution in [3.8, 4) is 0 Å². The minimum Gasteiger partial charge on any atom is -0.381 e. The highest BCUT2D eigenvalue weighted by atomic mass is 32.2. The molecule has 0 N–H and O–H groups in total. The molecular weight excluding hydrogens is 417 g/mol. The molecule has 0 aromatic rings. The Hall–Kier alpha value is -1.31. The Labute approximate surface area is 176 Å². The van der Waals surface area contributed by atoms with Crippen LogP contribution in [0.3, 0.4) is 0 Å². The molecule has 2 saturated carbocycles. The summed E-state index contributed by atoms with van der Waals surface area (Å²) in [6.07, 6.45) is 9.11. The zero-order valence-corrected chi connectivity index (χ0v) is 18.4. The first-order chi connectivity index (χ1) is 13.8. The van der Waals surface area contributed by atoms with Crippen molar-refractivity contribution in [1.82, 2.24) is 0 Å². The third-order valence-corrected chi connectivity index (χ3v) is 9.72. The second-order valence-electron chi connectivity index (χ2n) is 10.1. The topological polar surface area (TPSA) is 60.4 Å². The highest BCUT2D eigenvalue weighted by Crippen LogP contribution is 2.66. The Morgan fingerprint density at radius 1 is 1.13 bits per heavy atom. The summed E-state index contributed by atoms with van der Waals surface area (Å²) in [5.41, 5.74) is -4.70. The number of rotatable bonds is 3. The first-order valence-electron chi connectivity index (χ1n) is 10.7. The molecule has 0 radical (unpaired) electrons. The second-order valence-corrected chi connectivity index (χ2v) is 11.6. The monoisotopic (exact) mass is 446 g/mol. The number of carbonyl (C=O) groups excluding carboxylic acids is 1. The van der Waals surface area contributed by atoms with Gasteiger partial charge in [0.05, 0.1) is 0 Å². The quantitative estimate of drug-likeness (QED) is 0.423. The van der Waals surface area contributed by atoms with Crippen molar-refractivity contribution in [2.24, 2.45) is 34.5 Å². The normalized spacial score (nSPS) is 41.1. The molecule has 8 heteroatoms. The van der Waals surface area contributed by atoms with Gasteiger partial charge in [-0.15, -0.1) is 0 Å². The fourth-order valence-electron chi connectivity index (χ4n) is 7.22. The maximum Gasteiger partial charge on any atom is 0.534 e. The fourth-order valence-corrected chi connectivity index (χ4v) is 7.73. The fraction of sp³-hybridized carbons (Fsp3) is 0.773. The van der Waals surface area contributed by atoms with E-state index in [9.17, 15) is 26.4 Å². The number of Topliss-reactive ketones (excluding diaryl/α,β-unsaturated/α-hetero) is 1. The number of hydrogen-bond acceptors (Lipinski definition) is 4. The highest BCUT2D eigenvalue weighted by molar-refractivity contribution is 7.87. The Balaban J connectivity index is 1.61. The third-order valence-electron chi connectivity index (χ3n) is 8.72. The Morgan fingerprint density at radius 3 is 2.47 bits per heavy atom. The van der Waals surface area contributed by atoms with Crippen LogP contribution >= 0.6 is 0 Å². The van der Waals surface area contributed by atoms with Gasteiger partial charge in [0.2, 0.25) is 0 Å². The molecule has 4 nitrogen and oxygen atoms in total. The zero-order chi connectivity index (χ0) is 22.1. The third kappa shape index (κ3) is 3.16. The number of carbonyl (C=O) groups is 1. The summed E-state index contributed by atoms with van der Waals surface area (Å²) in [6.45, 7) is 6.12. The van der Waals surface area contributed by atoms with E-state index in [1.807, 2.05) is 0 Å². The summed E-state index contributed by atoms with van der Waals surface area (Å²) in [5.74, 6) is 1.60. The standard InChI is InChI=1S/C22H29F3O4S/c1-13(26)17-6-7-18-16-5-4-14-12-15(29-30(27,28)22(23,24)25)8-10-20(14,2)19(16)9-11-21(17,18)3/h4,12,16-19H,5-11H2,1-3H3/t16-,17?,18-,19-,20-,21+/m0/s1. The van der Waals surface area contributed by atoms with Gasteiger partial charge >= 0.3 is 15.6 Å². The van der Waals surface area contributed by atoms with E-state index >= 15 is 0 Å². The number of allylic oxidation sites excluding steroid dienone is 4. The van der Waals surface area contributed by atoms with Crippen LogP contribution in [0.2, 0.25) is 0 Å². The molecule has 0 heterocycles. The van der Waals surface area contributed by atoms with Crippen LogP contribution in [-0.2, 0) is 19.1 Å². The lowest BCUT2D eigenvalue weighted by Crippen LogP contribution is -2.49. The molecule has 0 spiro atoms. The number of hydrogen-bond donors (Lipinski definition) is 0. The molecule has 0 aromatic carbocycles. The average Bonchev–Trinajstić information content (AvgIpc) is 2.98. The largest absolute Gasteiger partial charge is 0.534 e. The maximum absolute atomic E-state index is 12.7. The van der Waals surface area contributed by atoms with Crippen molar-refractivity contribution < 1.29 is 30.6 Å². The van der Waals surface area contributed by atoms with Gasteiger partial charge in [-0.1, -0.05) is 19.9 Å².